The van der Waals surface area contributed by atoms with Gasteiger partial charge in [-0.3, -0.25) is 0 Å². The molecule has 1 aromatic rings. The molecule has 2 nitrogen and oxygen atoms in total. The minimum absolute atomic E-state index is 0.483. The van der Waals surface area contributed by atoms with Gasteiger partial charge in [0.25, 0.3) is 0 Å². The van der Waals surface area contributed by atoms with Gasteiger partial charge in [0, 0.05) is 17.8 Å². The molecular weight excluding hydrogens is 210 g/mol. The summed E-state index contributed by atoms with van der Waals surface area (Å²) in [5, 5.41) is 3.32. The number of hydrogen-bond donors (Lipinski definition) is 1. The predicted octanol–water partition coefficient (Wildman–Crippen LogP) is 3.65. The van der Waals surface area contributed by atoms with Crippen LogP contribution in [0.3, 0.4) is 0 Å². The average molecular weight is 228 g/mol. The molecule has 0 heterocycles. The van der Waals surface area contributed by atoms with E-state index in [2.05, 4.69) is 12.2 Å². The number of halogens is 1. The topological polar surface area (TPSA) is 21.3 Å². The number of benzene rings is 1. The highest BCUT2D eigenvalue weighted by Gasteiger charge is 2.03. The van der Waals surface area contributed by atoms with Crippen molar-refractivity contribution in [2.24, 2.45) is 0 Å². The van der Waals surface area contributed by atoms with E-state index in [1.54, 1.807) is 0 Å². The normalized spacial score (nSPS) is 10.1. The van der Waals surface area contributed by atoms with Crippen molar-refractivity contribution in [1.29, 1.82) is 0 Å². The number of rotatable bonds is 6. The highest BCUT2D eigenvalue weighted by atomic mass is 35.5. The quantitative estimate of drug-likeness (QED) is 0.750. The molecule has 0 saturated carbocycles. The van der Waals surface area contributed by atoms with Crippen LogP contribution in [0, 0.1) is 0 Å². The van der Waals surface area contributed by atoms with Crippen LogP contribution in [0.2, 0.25) is 0 Å². The van der Waals surface area contributed by atoms with Gasteiger partial charge in [0.2, 0.25) is 0 Å². The van der Waals surface area contributed by atoms with E-state index in [1.165, 1.54) is 0 Å². The van der Waals surface area contributed by atoms with Gasteiger partial charge in [-0.1, -0.05) is 6.92 Å². The summed E-state index contributed by atoms with van der Waals surface area (Å²) in [6, 6.07) is 6.05. The molecular formula is C12H18ClNO. The molecule has 0 aliphatic heterocycles. The lowest BCUT2D eigenvalue weighted by molar-refractivity contribution is 0.337. The SMILES string of the molecule is CCCNc1ccc(OCC)c(CCl)c1. The first-order valence-corrected chi connectivity index (χ1v) is 5.90. The smallest absolute Gasteiger partial charge is 0.123 e. The monoisotopic (exact) mass is 227 g/mol. The summed E-state index contributed by atoms with van der Waals surface area (Å²) in [5.41, 5.74) is 2.15. The average Bonchev–Trinajstić information content (AvgIpc) is 2.28. The second-order valence-corrected chi connectivity index (χ2v) is 3.58. The van der Waals surface area contributed by atoms with Crippen molar-refractivity contribution in [2.75, 3.05) is 18.5 Å². The van der Waals surface area contributed by atoms with Gasteiger partial charge in [-0.25, -0.2) is 0 Å². The lowest BCUT2D eigenvalue weighted by Gasteiger charge is -2.11. The van der Waals surface area contributed by atoms with E-state index in [0.717, 1.165) is 30.0 Å². The molecule has 84 valence electrons. The van der Waals surface area contributed by atoms with Crippen LogP contribution in [0.5, 0.6) is 5.75 Å². The summed E-state index contributed by atoms with van der Waals surface area (Å²) in [6.07, 6.45) is 1.11. The number of hydrogen-bond acceptors (Lipinski definition) is 2. The Hall–Kier alpha value is -0.890. The van der Waals surface area contributed by atoms with Crippen LogP contribution in [0.15, 0.2) is 18.2 Å². The van der Waals surface area contributed by atoms with Gasteiger partial charge in [0.05, 0.1) is 12.5 Å². The minimum Gasteiger partial charge on any atom is -0.494 e. The highest BCUT2D eigenvalue weighted by Crippen LogP contribution is 2.24. The van der Waals surface area contributed by atoms with Gasteiger partial charge < -0.3 is 10.1 Å². The fraction of sp³-hybridized carbons (Fsp3) is 0.500. The molecule has 0 bridgehead atoms. The van der Waals surface area contributed by atoms with Gasteiger partial charge in [0.15, 0.2) is 0 Å². The van der Waals surface area contributed by atoms with Crippen LogP contribution in [0.4, 0.5) is 5.69 Å². The Kier molecular flexibility index (Phi) is 5.33. The van der Waals surface area contributed by atoms with E-state index in [4.69, 9.17) is 16.3 Å². The first-order valence-electron chi connectivity index (χ1n) is 5.37. The van der Waals surface area contributed by atoms with Gasteiger partial charge in [0.1, 0.15) is 5.75 Å². The molecule has 0 spiro atoms. The maximum Gasteiger partial charge on any atom is 0.123 e. The van der Waals surface area contributed by atoms with Crippen LogP contribution in [0.1, 0.15) is 25.8 Å². The van der Waals surface area contributed by atoms with Gasteiger partial charge in [-0.05, 0) is 31.5 Å². The van der Waals surface area contributed by atoms with Crippen LogP contribution >= 0.6 is 11.6 Å². The van der Waals surface area contributed by atoms with Crippen molar-refractivity contribution in [3.8, 4) is 5.75 Å². The summed E-state index contributed by atoms with van der Waals surface area (Å²) in [6.45, 7) is 5.77. The second-order valence-electron chi connectivity index (χ2n) is 3.32. The van der Waals surface area contributed by atoms with Crippen LogP contribution in [0.25, 0.3) is 0 Å². The predicted molar refractivity (Wildman–Crippen MR) is 65.9 cm³/mol. The van der Waals surface area contributed by atoms with Crippen LogP contribution in [-0.2, 0) is 5.88 Å². The number of ether oxygens (including phenoxy) is 1. The maximum atomic E-state index is 5.87. The van der Waals surface area contributed by atoms with Crippen molar-refractivity contribution >= 4 is 17.3 Å². The summed E-state index contributed by atoms with van der Waals surface area (Å²) >= 11 is 5.87. The molecule has 3 heteroatoms. The van der Waals surface area contributed by atoms with Crippen molar-refractivity contribution < 1.29 is 4.74 Å². The third-order valence-corrected chi connectivity index (χ3v) is 2.37. The lowest BCUT2D eigenvalue weighted by Crippen LogP contribution is -2.01. The standard InChI is InChI=1S/C12H18ClNO/c1-3-7-14-11-5-6-12(15-4-2)10(8-11)9-13/h5-6,8,14H,3-4,7,9H2,1-2H3. The summed E-state index contributed by atoms with van der Waals surface area (Å²) in [5.74, 6) is 1.37. The summed E-state index contributed by atoms with van der Waals surface area (Å²) in [7, 11) is 0. The first kappa shape index (κ1) is 12.2. The van der Waals surface area contributed by atoms with Crippen molar-refractivity contribution in [3.63, 3.8) is 0 Å². The van der Waals surface area contributed by atoms with E-state index in [-0.39, 0.29) is 0 Å². The first-order chi connectivity index (χ1) is 7.31. The Morgan fingerprint density at radius 1 is 1.33 bits per heavy atom. The summed E-state index contributed by atoms with van der Waals surface area (Å²) in [4.78, 5) is 0. The number of alkyl halides is 1. The second kappa shape index (κ2) is 6.57. The molecule has 0 fully saturated rings. The van der Waals surface area contributed by atoms with E-state index < -0.39 is 0 Å². The Morgan fingerprint density at radius 3 is 2.73 bits per heavy atom. The fourth-order valence-electron chi connectivity index (χ4n) is 1.36. The van der Waals surface area contributed by atoms with Crippen molar-refractivity contribution in [3.05, 3.63) is 23.8 Å². The third kappa shape index (κ3) is 3.63. The Bertz CT molecular complexity index is 302. The van der Waals surface area contributed by atoms with Gasteiger partial charge in [-0.15, -0.1) is 11.6 Å². The number of nitrogens with one attached hydrogen (secondary N) is 1. The molecule has 1 aromatic carbocycles. The molecule has 1 rings (SSSR count). The largest absolute Gasteiger partial charge is 0.494 e. The van der Waals surface area contributed by atoms with E-state index in [1.807, 2.05) is 25.1 Å². The Labute approximate surface area is 96.6 Å². The Morgan fingerprint density at radius 2 is 2.13 bits per heavy atom. The zero-order chi connectivity index (χ0) is 11.1. The molecule has 0 unspecified atom stereocenters. The van der Waals surface area contributed by atoms with Crippen LogP contribution < -0.4 is 10.1 Å². The maximum absolute atomic E-state index is 5.87. The zero-order valence-corrected chi connectivity index (χ0v) is 10.1. The summed E-state index contributed by atoms with van der Waals surface area (Å²) < 4.78 is 5.48. The molecule has 0 amide bonds. The van der Waals surface area contributed by atoms with Crippen LogP contribution in [-0.4, -0.2) is 13.2 Å². The highest BCUT2D eigenvalue weighted by molar-refractivity contribution is 6.17. The lowest BCUT2D eigenvalue weighted by atomic mass is 10.2. The zero-order valence-electron chi connectivity index (χ0n) is 9.35. The fourth-order valence-corrected chi connectivity index (χ4v) is 1.57. The van der Waals surface area contributed by atoms with Crippen molar-refractivity contribution in [1.82, 2.24) is 0 Å². The third-order valence-electron chi connectivity index (χ3n) is 2.08. The molecule has 15 heavy (non-hydrogen) atoms. The molecule has 0 saturated heterocycles. The number of anilines is 1. The molecule has 0 radical (unpaired) electrons. The van der Waals surface area contributed by atoms with Gasteiger partial charge in [-0.2, -0.15) is 0 Å². The minimum atomic E-state index is 0.483. The van der Waals surface area contributed by atoms with E-state index >= 15 is 0 Å². The molecule has 0 aliphatic rings. The van der Waals surface area contributed by atoms with E-state index in [0.29, 0.717) is 12.5 Å². The van der Waals surface area contributed by atoms with Gasteiger partial charge >= 0.3 is 0 Å². The Balaban J connectivity index is 2.77. The molecule has 1 N–H and O–H groups in total. The van der Waals surface area contributed by atoms with Crippen molar-refractivity contribution in [2.45, 2.75) is 26.1 Å². The molecule has 0 aromatic heterocycles. The van der Waals surface area contributed by atoms with E-state index in [9.17, 15) is 0 Å². The molecule has 0 aliphatic carbocycles. The molecule has 0 atom stereocenters.